The highest BCUT2D eigenvalue weighted by atomic mass is 19.4. The Morgan fingerprint density at radius 3 is 2.12 bits per heavy atom. The van der Waals surface area contributed by atoms with E-state index in [1.807, 2.05) is 0 Å². The van der Waals surface area contributed by atoms with E-state index in [9.17, 15) is 31.1 Å². The second-order valence-corrected chi connectivity index (χ2v) is 7.37. The highest BCUT2D eigenvalue weighted by Crippen LogP contribution is 2.38. The summed E-state index contributed by atoms with van der Waals surface area (Å²) >= 11 is 0. The number of rotatable bonds is 6. The van der Waals surface area contributed by atoms with Gasteiger partial charge in [-0.1, -0.05) is 24.3 Å². The number of carbonyl (C=O) groups is 1. The highest BCUT2D eigenvalue weighted by Gasteiger charge is 2.42. The summed E-state index contributed by atoms with van der Waals surface area (Å²) in [6.07, 6.45) is -9.61. The topological polar surface area (TPSA) is 76.4 Å². The minimum absolute atomic E-state index is 0.198. The molecule has 0 aliphatic heterocycles. The molecule has 0 spiro atoms. The van der Waals surface area contributed by atoms with Gasteiger partial charge in [-0.25, -0.2) is 4.68 Å². The van der Waals surface area contributed by atoms with Gasteiger partial charge < -0.3 is 15.2 Å². The van der Waals surface area contributed by atoms with E-state index in [0.29, 0.717) is 27.9 Å². The summed E-state index contributed by atoms with van der Waals surface area (Å²) in [7, 11) is 1.11. The number of aryl methyl sites for hydroxylation is 1. The molecule has 0 bridgehead atoms. The molecule has 1 amide bonds. The number of carbonyl (C=O) groups excluding carboxylic acids is 1. The summed E-state index contributed by atoms with van der Waals surface area (Å²) in [5.74, 6) is -1.94. The molecule has 0 saturated carbocycles. The lowest BCUT2D eigenvalue weighted by molar-refractivity contribution is -0.141. The molecule has 1 heterocycles. The van der Waals surface area contributed by atoms with Crippen LogP contribution in [0.2, 0.25) is 0 Å². The summed E-state index contributed by atoms with van der Waals surface area (Å²) in [5, 5.41) is 14.9. The van der Waals surface area contributed by atoms with Crippen LogP contribution >= 0.6 is 0 Å². The smallest absolute Gasteiger partial charge is 0.436 e. The standard InChI is InChI=1S/C22H19F6N3O3/c1-12(14-5-3-13(11-32)4-6-14)29-19(33)17-18(22(26,27)28)30-31(2)20(17)34-16-9-7-15(8-10-16)21(23,24)25/h3-10,12,32H,11H2,1-2H3,(H,29,33)/t12-/m0/s1. The van der Waals surface area contributed by atoms with Crippen LogP contribution in [0.5, 0.6) is 11.6 Å². The maximum Gasteiger partial charge on any atom is 0.436 e. The molecule has 182 valence electrons. The number of aromatic nitrogens is 2. The second-order valence-electron chi connectivity index (χ2n) is 7.37. The first-order valence-corrected chi connectivity index (χ1v) is 9.81. The van der Waals surface area contributed by atoms with Crippen LogP contribution in [0.1, 0.15) is 45.7 Å². The summed E-state index contributed by atoms with van der Waals surface area (Å²) in [6, 6.07) is 8.94. The zero-order valence-corrected chi connectivity index (χ0v) is 17.8. The fraction of sp³-hybridized carbons (Fsp3) is 0.273. The van der Waals surface area contributed by atoms with E-state index in [1.165, 1.54) is 0 Å². The number of hydrogen-bond donors (Lipinski definition) is 2. The molecule has 0 aliphatic rings. The van der Waals surface area contributed by atoms with Crippen molar-refractivity contribution < 1.29 is 41.0 Å². The van der Waals surface area contributed by atoms with Crippen molar-refractivity contribution in [3.05, 3.63) is 76.5 Å². The monoisotopic (exact) mass is 487 g/mol. The number of hydrogen-bond acceptors (Lipinski definition) is 4. The maximum absolute atomic E-state index is 13.6. The van der Waals surface area contributed by atoms with Crippen molar-refractivity contribution in [2.45, 2.75) is 31.9 Å². The number of alkyl halides is 6. The molecule has 3 rings (SSSR count). The molecule has 12 heteroatoms. The zero-order chi connectivity index (χ0) is 25.3. The maximum atomic E-state index is 13.6. The van der Waals surface area contributed by atoms with Gasteiger partial charge in [-0.2, -0.15) is 31.4 Å². The van der Waals surface area contributed by atoms with Crippen molar-refractivity contribution in [1.82, 2.24) is 15.1 Å². The van der Waals surface area contributed by atoms with Gasteiger partial charge in [0.05, 0.1) is 18.2 Å². The van der Waals surface area contributed by atoms with Crippen LogP contribution in [0.4, 0.5) is 26.3 Å². The van der Waals surface area contributed by atoms with Crippen LogP contribution in [0, 0.1) is 0 Å². The van der Waals surface area contributed by atoms with E-state index in [-0.39, 0.29) is 12.4 Å². The van der Waals surface area contributed by atoms with Gasteiger partial charge in [0, 0.05) is 7.05 Å². The molecule has 0 unspecified atom stereocenters. The third-order valence-electron chi connectivity index (χ3n) is 4.90. The van der Waals surface area contributed by atoms with Gasteiger partial charge in [-0.3, -0.25) is 4.79 Å². The molecule has 0 fully saturated rings. The molecular weight excluding hydrogens is 468 g/mol. The van der Waals surface area contributed by atoms with Gasteiger partial charge in [0.1, 0.15) is 11.3 Å². The number of aliphatic hydroxyl groups excluding tert-OH is 1. The molecule has 0 aliphatic carbocycles. The predicted molar refractivity (Wildman–Crippen MR) is 108 cm³/mol. The van der Waals surface area contributed by atoms with Gasteiger partial charge >= 0.3 is 12.4 Å². The summed E-state index contributed by atoms with van der Waals surface area (Å²) in [6.45, 7) is 1.35. The average Bonchev–Trinajstić information content (AvgIpc) is 3.10. The SMILES string of the molecule is C[C@H](NC(=O)c1c(C(F)(F)F)nn(C)c1Oc1ccc(C(F)(F)F)cc1)c1ccc(CO)cc1. The van der Waals surface area contributed by atoms with E-state index >= 15 is 0 Å². The van der Waals surface area contributed by atoms with Crippen LogP contribution in [0.25, 0.3) is 0 Å². The molecular formula is C22H19F6N3O3. The molecule has 0 saturated heterocycles. The van der Waals surface area contributed by atoms with Crippen LogP contribution in [0.15, 0.2) is 48.5 Å². The van der Waals surface area contributed by atoms with E-state index < -0.39 is 47.0 Å². The molecule has 1 aromatic heterocycles. The zero-order valence-electron chi connectivity index (χ0n) is 17.8. The predicted octanol–water partition coefficient (Wildman–Crippen LogP) is 5.23. The molecule has 3 aromatic rings. The Hall–Kier alpha value is -3.54. The van der Waals surface area contributed by atoms with E-state index in [2.05, 4.69) is 10.4 Å². The van der Waals surface area contributed by atoms with Crippen molar-refractivity contribution in [2.75, 3.05) is 0 Å². The third-order valence-corrected chi connectivity index (χ3v) is 4.90. The number of benzene rings is 2. The Bertz CT molecular complexity index is 1150. The third kappa shape index (κ3) is 5.50. The van der Waals surface area contributed by atoms with E-state index in [1.54, 1.807) is 31.2 Å². The van der Waals surface area contributed by atoms with Gasteiger partial charge in [-0.15, -0.1) is 0 Å². The normalized spacial score (nSPS) is 13.0. The fourth-order valence-corrected chi connectivity index (χ4v) is 3.12. The minimum atomic E-state index is -5.00. The highest BCUT2D eigenvalue weighted by molar-refractivity contribution is 5.98. The molecule has 1 atom stereocenters. The van der Waals surface area contributed by atoms with Crippen LogP contribution in [-0.4, -0.2) is 20.8 Å². The molecule has 2 aromatic carbocycles. The number of amides is 1. The number of halogens is 6. The number of aliphatic hydroxyl groups is 1. The van der Waals surface area contributed by atoms with Crippen molar-refractivity contribution in [1.29, 1.82) is 0 Å². The first kappa shape index (κ1) is 25.1. The Morgan fingerprint density at radius 1 is 1.03 bits per heavy atom. The lowest BCUT2D eigenvalue weighted by Crippen LogP contribution is -2.28. The number of nitrogens with one attached hydrogen (secondary N) is 1. The molecule has 6 nitrogen and oxygen atoms in total. The molecule has 0 radical (unpaired) electrons. The Morgan fingerprint density at radius 2 is 1.62 bits per heavy atom. The van der Waals surface area contributed by atoms with Crippen LogP contribution < -0.4 is 10.1 Å². The van der Waals surface area contributed by atoms with Crippen molar-refractivity contribution in [3.8, 4) is 11.6 Å². The van der Waals surface area contributed by atoms with Crippen LogP contribution in [-0.2, 0) is 26.0 Å². The van der Waals surface area contributed by atoms with Crippen LogP contribution in [0.3, 0.4) is 0 Å². The largest absolute Gasteiger partial charge is 0.438 e. The van der Waals surface area contributed by atoms with Gasteiger partial charge in [0.15, 0.2) is 5.69 Å². The first-order chi connectivity index (χ1) is 15.8. The Kier molecular flexibility index (Phi) is 6.92. The van der Waals surface area contributed by atoms with E-state index in [0.717, 1.165) is 19.2 Å². The first-order valence-electron chi connectivity index (χ1n) is 9.81. The molecule has 34 heavy (non-hydrogen) atoms. The lowest BCUT2D eigenvalue weighted by atomic mass is 10.1. The van der Waals surface area contributed by atoms with Crippen molar-refractivity contribution in [3.63, 3.8) is 0 Å². The minimum Gasteiger partial charge on any atom is -0.438 e. The summed E-state index contributed by atoms with van der Waals surface area (Å²) in [4.78, 5) is 12.9. The Labute approximate surface area is 189 Å². The summed E-state index contributed by atoms with van der Waals surface area (Å²) < 4.78 is 85.2. The Balaban J connectivity index is 1.94. The molecule has 2 N–H and O–H groups in total. The van der Waals surface area contributed by atoms with E-state index in [4.69, 9.17) is 9.84 Å². The number of nitrogens with zero attached hydrogens (tertiary/aromatic N) is 2. The van der Waals surface area contributed by atoms with Crippen molar-refractivity contribution >= 4 is 5.91 Å². The van der Waals surface area contributed by atoms with Gasteiger partial charge in [0.2, 0.25) is 5.88 Å². The number of ether oxygens (including phenoxy) is 1. The fourth-order valence-electron chi connectivity index (χ4n) is 3.12. The average molecular weight is 487 g/mol. The lowest BCUT2D eigenvalue weighted by Gasteiger charge is -2.16. The quantitative estimate of drug-likeness (QED) is 0.467. The van der Waals surface area contributed by atoms with Crippen molar-refractivity contribution in [2.24, 2.45) is 7.05 Å². The summed E-state index contributed by atoms with van der Waals surface area (Å²) in [5.41, 5.74) is -2.21. The second kappa shape index (κ2) is 9.37. The van der Waals surface area contributed by atoms with Gasteiger partial charge in [-0.05, 0) is 42.3 Å². The van der Waals surface area contributed by atoms with Gasteiger partial charge in [0.25, 0.3) is 5.91 Å².